The summed E-state index contributed by atoms with van der Waals surface area (Å²) >= 11 is 0. The average molecular weight is 1450 g/mol. The first-order valence-corrected chi connectivity index (χ1v) is 39.2. The number of fused-ring (bicyclic) bond motifs is 12. The molecule has 0 atom stereocenters. The van der Waals surface area contributed by atoms with Crippen molar-refractivity contribution in [2.24, 2.45) is 0 Å². The first-order chi connectivity index (χ1) is 54.8. The van der Waals surface area contributed by atoms with E-state index in [2.05, 4.69) is 371 Å². The van der Waals surface area contributed by atoms with Gasteiger partial charge in [-0.25, -0.2) is 0 Å². The molecule has 0 bridgehead atoms. The molecule has 0 aliphatic heterocycles. The molecule has 544 valence electrons. The number of furan rings is 4. The fourth-order valence-electron chi connectivity index (χ4n) is 15.5. The van der Waals surface area contributed by atoms with Crippen molar-refractivity contribution >= 4 is 87.8 Å². The summed E-state index contributed by atoms with van der Waals surface area (Å²) in [4.78, 5) is 0. The Hall–Kier alpha value is -13.3. The van der Waals surface area contributed by atoms with Gasteiger partial charge in [-0.3, -0.25) is 0 Å². The molecule has 0 amide bonds. The number of rotatable bonds is 12. The summed E-state index contributed by atoms with van der Waals surface area (Å²) in [6, 6.07) is 129. The van der Waals surface area contributed by atoms with Crippen molar-refractivity contribution in [3.8, 4) is 89.0 Å². The maximum absolute atomic E-state index is 6.23. The second kappa shape index (κ2) is 31.4. The van der Waals surface area contributed by atoms with Crippen LogP contribution < -0.4 is 0 Å². The second-order valence-electron chi connectivity index (χ2n) is 30.6. The van der Waals surface area contributed by atoms with Gasteiger partial charge in [-0.15, -0.1) is 0 Å². The monoisotopic (exact) mass is 1450 g/mol. The van der Waals surface area contributed by atoms with Crippen LogP contribution in [0.5, 0.6) is 0 Å². The SMILES string of the molecule is CC(C)c1cccc(-c2ccc(-c3ccc4c(c3)oc3ccccc34)cc2)c1.CC(C)c1cccc(-c2cccc(-c3ccc4c(c3)oc3ccccc34)c2)c1.CC(C)c1cccc(-c2cccc(-c3ccc4oc5ccccc5c4c3)c2)c1.CC(C)c1cccc(-c2cccc(-c3cccc4c3oc3ccccc34)c2)c1. The summed E-state index contributed by atoms with van der Waals surface area (Å²) in [5.74, 6) is 2.11. The summed E-state index contributed by atoms with van der Waals surface area (Å²) in [6.07, 6.45) is 0. The van der Waals surface area contributed by atoms with Crippen LogP contribution in [0, 0.1) is 0 Å². The Morgan fingerprint density at radius 3 is 0.812 bits per heavy atom. The molecule has 4 heterocycles. The lowest BCUT2D eigenvalue weighted by Crippen LogP contribution is -1.88. The molecule has 4 heteroatoms. The summed E-state index contributed by atoms with van der Waals surface area (Å²) in [7, 11) is 0. The molecule has 20 rings (SSSR count). The highest BCUT2D eigenvalue weighted by Crippen LogP contribution is 2.41. The van der Waals surface area contributed by atoms with E-state index in [1.165, 1.54) is 149 Å². The summed E-state index contributed by atoms with van der Waals surface area (Å²) in [5, 5.41) is 9.34. The molecule has 0 fully saturated rings. The van der Waals surface area contributed by atoms with E-state index in [0.717, 1.165) is 50.2 Å². The van der Waals surface area contributed by atoms with Crippen LogP contribution in [0.1, 0.15) is 101 Å². The molecule has 20 aromatic rings. The zero-order valence-electron chi connectivity index (χ0n) is 64.6. The van der Waals surface area contributed by atoms with Crippen LogP contribution in [0.3, 0.4) is 0 Å². The van der Waals surface area contributed by atoms with Crippen LogP contribution in [0.15, 0.2) is 382 Å². The van der Waals surface area contributed by atoms with Crippen LogP contribution in [-0.4, -0.2) is 0 Å². The first-order valence-electron chi connectivity index (χ1n) is 39.2. The van der Waals surface area contributed by atoms with Gasteiger partial charge in [0.15, 0.2) is 0 Å². The van der Waals surface area contributed by atoms with Crippen molar-refractivity contribution in [1.82, 2.24) is 0 Å². The minimum absolute atomic E-state index is 0.521. The van der Waals surface area contributed by atoms with Gasteiger partial charge in [-0.1, -0.05) is 341 Å². The van der Waals surface area contributed by atoms with E-state index in [1.807, 2.05) is 48.5 Å². The van der Waals surface area contributed by atoms with Crippen molar-refractivity contribution in [3.63, 3.8) is 0 Å². The number of hydrogen-bond acceptors (Lipinski definition) is 4. The Morgan fingerprint density at radius 1 is 0.152 bits per heavy atom. The lowest BCUT2D eigenvalue weighted by atomic mass is 9.95. The number of para-hydroxylation sites is 5. The smallest absolute Gasteiger partial charge is 0.143 e. The van der Waals surface area contributed by atoms with Crippen molar-refractivity contribution in [2.45, 2.75) is 79.1 Å². The van der Waals surface area contributed by atoms with Crippen LogP contribution in [0.4, 0.5) is 0 Å². The highest BCUT2D eigenvalue weighted by atomic mass is 16.3. The minimum Gasteiger partial charge on any atom is -0.456 e. The highest BCUT2D eigenvalue weighted by molar-refractivity contribution is 6.11. The second-order valence-corrected chi connectivity index (χ2v) is 30.6. The van der Waals surface area contributed by atoms with Gasteiger partial charge in [0.1, 0.15) is 44.7 Å². The Bertz CT molecular complexity index is 6760. The molecular weight excluding hydrogens is 1360 g/mol. The van der Waals surface area contributed by atoms with Crippen LogP contribution in [-0.2, 0) is 0 Å². The van der Waals surface area contributed by atoms with E-state index in [4.69, 9.17) is 17.7 Å². The van der Waals surface area contributed by atoms with Gasteiger partial charge in [0.05, 0.1) is 0 Å². The van der Waals surface area contributed by atoms with Crippen molar-refractivity contribution < 1.29 is 17.7 Å². The number of benzene rings is 16. The quantitative estimate of drug-likeness (QED) is 0.122. The first kappa shape index (κ1) is 71.6. The zero-order chi connectivity index (χ0) is 76.3. The van der Waals surface area contributed by atoms with Crippen LogP contribution >= 0.6 is 0 Å². The largest absolute Gasteiger partial charge is 0.456 e. The van der Waals surface area contributed by atoms with E-state index >= 15 is 0 Å². The van der Waals surface area contributed by atoms with Crippen LogP contribution in [0.2, 0.25) is 0 Å². The number of hydrogen-bond donors (Lipinski definition) is 0. The maximum Gasteiger partial charge on any atom is 0.143 e. The van der Waals surface area contributed by atoms with Gasteiger partial charge in [0, 0.05) is 48.7 Å². The maximum atomic E-state index is 6.23. The fourth-order valence-corrected chi connectivity index (χ4v) is 15.5. The van der Waals surface area contributed by atoms with Crippen molar-refractivity contribution in [1.29, 1.82) is 0 Å². The Balaban J connectivity index is 0.000000108. The molecule has 0 spiro atoms. The van der Waals surface area contributed by atoms with E-state index in [1.54, 1.807) is 0 Å². The van der Waals surface area contributed by atoms with Crippen LogP contribution in [0.25, 0.3) is 177 Å². The third-order valence-electron chi connectivity index (χ3n) is 21.9. The van der Waals surface area contributed by atoms with Gasteiger partial charge in [-0.05, 0) is 208 Å². The highest BCUT2D eigenvalue weighted by Gasteiger charge is 2.17. The average Bonchev–Trinajstić information content (AvgIpc) is 1.62. The Labute approximate surface area is 655 Å². The molecule has 0 radical (unpaired) electrons. The predicted octanol–water partition coefficient (Wildman–Crippen LogP) is 32.2. The molecule has 0 N–H and O–H groups in total. The van der Waals surface area contributed by atoms with Gasteiger partial charge in [0.25, 0.3) is 0 Å². The Kier molecular flexibility index (Phi) is 20.1. The predicted molar refractivity (Wildman–Crippen MR) is 475 cm³/mol. The van der Waals surface area contributed by atoms with E-state index in [0.29, 0.717) is 23.7 Å². The molecule has 16 aromatic carbocycles. The molecule has 0 saturated heterocycles. The van der Waals surface area contributed by atoms with Gasteiger partial charge in [-0.2, -0.15) is 0 Å². The molecule has 4 aromatic heterocycles. The molecular formula is C108H88O4. The fraction of sp³-hybridized carbons (Fsp3) is 0.111. The third kappa shape index (κ3) is 14.9. The third-order valence-corrected chi connectivity index (χ3v) is 21.9. The Morgan fingerprint density at radius 2 is 0.402 bits per heavy atom. The normalized spacial score (nSPS) is 11.5. The minimum atomic E-state index is 0.521. The van der Waals surface area contributed by atoms with Crippen molar-refractivity contribution in [3.05, 3.63) is 386 Å². The summed E-state index contributed by atoms with van der Waals surface area (Å²) in [6.45, 7) is 17.9. The summed E-state index contributed by atoms with van der Waals surface area (Å²) < 4.78 is 24.3. The van der Waals surface area contributed by atoms with Gasteiger partial charge >= 0.3 is 0 Å². The lowest BCUT2D eigenvalue weighted by Gasteiger charge is -2.10. The van der Waals surface area contributed by atoms with Gasteiger partial charge in [0.2, 0.25) is 0 Å². The standard InChI is InChI=1S/4C27H22O/c1-18(2)19-8-5-9-20(16-19)21-10-6-11-22(17-21)23-13-7-14-25-24-12-3-4-15-26(24)28-27(23)25;1-18(2)19-7-5-8-20(15-19)21-9-6-10-22(16-21)23-13-14-27-25(17-23)24-11-3-4-12-26(24)28-27;1-18(2)19-7-5-8-20(15-19)21-9-6-10-22(16-21)23-13-14-25-24-11-3-4-12-26(24)28-27(25)17-23;1-18(2)21-6-5-7-22(16-21)19-10-12-20(13-11-19)23-14-15-25-24-8-3-4-9-26(24)28-27(25)17-23/h4*3-18H,1-2H3. The molecule has 0 unspecified atom stereocenters. The molecule has 0 aliphatic rings. The van der Waals surface area contributed by atoms with E-state index in [-0.39, 0.29) is 0 Å². The molecule has 112 heavy (non-hydrogen) atoms. The molecule has 4 nitrogen and oxygen atoms in total. The lowest BCUT2D eigenvalue weighted by molar-refractivity contribution is 0.668. The summed E-state index contributed by atoms with van der Waals surface area (Å²) in [5.41, 5.74) is 32.5. The molecule has 0 saturated carbocycles. The molecule has 0 aliphatic carbocycles. The topological polar surface area (TPSA) is 52.6 Å². The zero-order valence-corrected chi connectivity index (χ0v) is 64.6. The van der Waals surface area contributed by atoms with E-state index < -0.39 is 0 Å². The van der Waals surface area contributed by atoms with Crippen molar-refractivity contribution in [2.75, 3.05) is 0 Å². The van der Waals surface area contributed by atoms with Gasteiger partial charge < -0.3 is 17.7 Å². The van der Waals surface area contributed by atoms with E-state index in [9.17, 15) is 0 Å².